The average molecular weight is 270 g/mol. The zero-order valence-electron chi connectivity index (χ0n) is 10.3. The van der Waals surface area contributed by atoms with Gasteiger partial charge in [0.15, 0.2) is 23.1 Å². The lowest BCUT2D eigenvalue weighted by Gasteiger charge is -2.03. The Hall–Kier alpha value is -2.96. The van der Waals surface area contributed by atoms with Crippen molar-refractivity contribution >= 4 is 5.82 Å². The standard InChI is InChI=1S/C13H10N4O3/c14-13-11(12(20-17-13)8-4-15-16-5-8)7-1-2-9-10(3-7)19-6-18-9/h1-5H,6H2,(H2,14,17)(H,15,16). The van der Waals surface area contributed by atoms with Crippen molar-refractivity contribution < 1.29 is 14.0 Å². The second kappa shape index (κ2) is 4.02. The number of nitrogen functional groups attached to an aromatic ring is 1. The van der Waals surface area contributed by atoms with Crippen LogP contribution < -0.4 is 15.2 Å². The molecule has 4 rings (SSSR count). The van der Waals surface area contributed by atoms with Crippen molar-refractivity contribution in [2.45, 2.75) is 0 Å². The van der Waals surface area contributed by atoms with Gasteiger partial charge in [0.25, 0.3) is 0 Å². The molecule has 0 saturated heterocycles. The molecule has 0 spiro atoms. The molecular formula is C13H10N4O3. The van der Waals surface area contributed by atoms with Gasteiger partial charge in [-0.1, -0.05) is 11.2 Å². The Bertz CT molecular complexity index is 764. The number of fused-ring (bicyclic) bond motifs is 1. The first-order valence-electron chi connectivity index (χ1n) is 5.97. The van der Waals surface area contributed by atoms with Gasteiger partial charge in [-0.15, -0.1) is 0 Å². The minimum Gasteiger partial charge on any atom is -0.454 e. The van der Waals surface area contributed by atoms with Gasteiger partial charge in [-0.3, -0.25) is 5.10 Å². The van der Waals surface area contributed by atoms with Gasteiger partial charge in [0.05, 0.1) is 17.3 Å². The normalized spacial score (nSPS) is 12.8. The summed E-state index contributed by atoms with van der Waals surface area (Å²) < 4.78 is 16.0. The number of nitrogens with two attached hydrogens (primary N) is 1. The predicted molar refractivity (Wildman–Crippen MR) is 70.1 cm³/mol. The number of hydrogen-bond acceptors (Lipinski definition) is 6. The molecule has 100 valence electrons. The van der Waals surface area contributed by atoms with E-state index in [4.69, 9.17) is 19.7 Å². The fraction of sp³-hybridized carbons (Fsp3) is 0.0769. The highest BCUT2D eigenvalue weighted by Gasteiger charge is 2.21. The van der Waals surface area contributed by atoms with Crippen molar-refractivity contribution in [3.8, 4) is 33.9 Å². The van der Waals surface area contributed by atoms with Gasteiger partial charge >= 0.3 is 0 Å². The lowest BCUT2D eigenvalue weighted by Crippen LogP contribution is -1.93. The van der Waals surface area contributed by atoms with Gasteiger partial charge in [0, 0.05) is 6.20 Å². The van der Waals surface area contributed by atoms with Crippen LogP contribution >= 0.6 is 0 Å². The summed E-state index contributed by atoms with van der Waals surface area (Å²) in [5.41, 5.74) is 8.26. The van der Waals surface area contributed by atoms with E-state index < -0.39 is 0 Å². The molecule has 0 radical (unpaired) electrons. The minimum absolute atomic E-state index is 0.229. The fourth-order valence-electron chi connectivity index (χ4n) is 2.21. The number of aromatic nitrogens is 3. The lowest BCUT2D eigenvalue weighted by atomic mass is 10.0. The maximum atomic E-state index is 5.92. The van der Waals surface area contributed by atoms with Crippen LogP contribution in [-0.2, 0) is 0 Å². The van der Waals surface area contributed by atoms with E-state index in [9.17, 15) is 0 Å². The Labute approximate surface area is 113 Å². The van der Waals surface area contributed by atoms with Crippen LogP contribution in [0.15, 0.2) is 35.1 Å². The van der Waals surface area contributed by atoms with E-state index in [1.807, 2.05) is 18.2 Å². The molecule has 0 fully saturated rings. The summed E-state index contributed by atoms with van der Waals surface area (Å²) >= 11 is 0. The second-order valence-corrected chi connectivity index (χ2v) is 4.33. The summed E-state index contributed by atoms with van der Waals surface area (Å²) in [6.07, 6.45) is 3.37. The number of ether oxygens (including phenoxy) is 2. The van der Waals surface area contributed by atoms with E-state index in [1.54, 1.807) is 12.4 Å². The van der Waals surface area contributed by atoms with Crippen molar-refractivity contribution in [3.05, 3.63) is 30.6 Å². The highest BCUT2D eigenvalue weighted by Crippen LogP contribution is 2.41. The largest absolute Gasteiger partial charge is 0.454 e. The molecule has 2 aromatic heterocycles. The Morgan fingerprint density at radius 1 is 1.15 bits per heavy atom. The fourth-order valence-corrected chi connectivity index (χ4v) is 2.21. The number of benzene rings is 1. The number of rotatable bonds is 2. The molecule has 20 heavy (non-hydrogen) atoms. The molecule has 3 heterocycles. The summed E-state index contributed by atoms with van der Waals surface area (Å²) in [6, 6.07) is 5.58. The van der Waals surface area contributed by atoms with Gasteiger partial charge in [0.2, 0.25) is 6.79 Å². The van der Waals surface area contributed by atoms with E-state index >= 15 is 0 Å². The molecule has 0 unspecified atom stereocenters. The molecule has 0 saturated carbocycles. The van der Waals surface area contributed by atoms with E-state index in [1.165, 1.54) is 0 Å². The first kappa shape index (κ1) is 10.9. The van der Waals surface area contributed by atoms with Crippen molar-refractivity contribution in [2.75, 3.05) is 12.5 Å². The molecule has 0 bridgehead atoms. The van der Waals surface area contributed by atoms with E-state index in [0.29, 0.717) is 28.6 Å². The summed E-state index contributed by atoms with van der Waals surface area (Å²) in [4.78, 5) is 0. The smallest absolute Gasteiger partial charge is 0.231 e. The van der Waals surface area contributed by atoms with Crippen LogP contribution in [0, 0.1) is 0 Å². The topological polar surface area (TPSA) is 99.2 Å². The Morgan fingerprint density at radius 2 is 2.05 bits per heavy atom. The molecule has 1 aliphatic rings. The summed E-state index contributed by atoms with van der Waals surface area (Å²) in [5.74, 6) is 2.28. The zero-order valence-corrected chi connectivity index (χ0v) is 10.3. The Morgan fingerprint density at radius 3 is 2.90 bits per heavy atom. The number of nitrogens with zero attached hydrogens (tertiary/aromatic N) is 2. The number of hydrogen-bond donors (Lipinski definition) is 2. The second-order valence-electron chi connectivity index (χ2n) is 4.33. The molecule has 7 nitrogen and oxygen atoms in total. The highest BCUT2D eigenvalue weighted by molar-refractivity contribution is 5.87. The molecule has 3 N–H and O–H groups in total. The van der Waals surface area contributed by atoms with Crippen molar-refractivity contribution in [2.24, 2.45) is 0 Å². The number of H-pyrrole nitrogens is 1. The van der Waals surface area contributed by atoms with Gasteiger partial charge in [-0.05, 0) is 17.7 Å². The number of anilines is 1. The maximum Gasteiger partial charge on any atom is 0.231 e. The molecular weight excluding hydrogens is 260 g/mol. The molecule has 0 atom stereocenters. The summed E-state index contributed by atoms with van der Waals surface area (Å²) in [5, 5.41) is 10.5. The van der Waals surface area contributed by atoms with Gasteiger partial charge in [-0.2, -0.15) is 5.10 Å². The van der Waals surface area contributed by atoms with E-state index in [-0.39, 0.29) is 6.79 Å². The van der Waals surface area contributed by atoms with Crippen LogP contribution in [0.2, 0.25) is 0 Å². The Balaban J connectivity index is 1.88. The van der Waals surface area contributed by atoms with Gasteiger partial charge in [0.1, 0.15) is 0 Å². The summed E-state index contributed by atoms with van der Waals surface area (Å²) in [7, 11) is 0. The molecule has 0 amide bonds. The SMILES string of the molecule is Nc1noc(-c2cn[nH]c2)c1-c1ccc2c(c1)OCO2. The highest BCUT2D eigenvalue weighted by atomic mass is 16.7. The number of aromatic amines is 1. The van der Waals surface area contributed by atoms with Crippen LogP contribution in [0.4, 0.5) is 5.82 Å². The zero-order chi connectivity index (χ0) is 13.5. The van der Waals surface area contributed by atoms with Gasteiger partial charge in [-0.25, -0.2) is 0 Å². The van der Waals surface area contributed by atoms with Crippen molar-refractivity contribution in [1.82, 2.24) is 15.4 Å². The van der Waals surface area contributed by atoms with E-state index in [0.717, 1.165) is 11.1 Å². The lowest BCUT2D eigenvalue weighted by molar-refractivity contribution is 0.174. The third-order valence-corrected chi connectivity index (χ3v) is 3.14. The predicted octanol–water partition coefficient (Wildman–Crippen LogP) is 2.04. The van der Waals surface area contributed by atoms with Crippen LogP contribution in [0.1, 0.15) is 0 Å². The minimum atomic E-state index is 0.229. The first-order valence-corrected chi connectivity index (χ1v) is 5.97. The van der Waals surface area contributed by atoms with Crippen LogP contribution in [-0.4, -0.2) is 22.1 Å². The average Bonchev–Trinajstić information content (AvgIpc) is 3.17. The monoisotopic (exact) mass is 270 g/mol. The molecule has 7 heteroatoms. The van der Waals surface area contributed by atoms with Crippen LogP contribution in [0.25, 0.3) is 22.5 Å². The van der Waals surface area contributed by atoms with E-state index in [2.05, 4.69) is 15.4 Å². The number of nitrogens with one attached hydrogen (secondary N) is 1. The van der Waals surface area contributed by atoms with Crippen LogP contribution in [0.5, 0.6) is 11.5 Å². The molecule has 1 aliphatic heterocycles. The third-order valence-electron chi connectivity index (χ3n) is 3.14. The summed E-state index contributed by atoms with van der Waals surface area (Å²) in [6.45, 7) is 0.229. The quantitative estimate of drug-likeness (QED) is 0.739. The molecule has 0 aliphatic carbocycles. The Kier molecular flexibility index (Phi) is 2.19. The molecule has 3 aromatic rings. The first-order chi connectivity index (χ1) is 9.83. The molecule has 1 aromatic carbocycles. The van der Waals surface area contributed by atoms with Crippen LogP contribution in [0.3, 0.4) is 0 Å². The third kappa shape index (κ3) is 1.53. The van der Waals surface area contributed by atoms with Crippen molar-refractivity contribution in [3.63, 3.8) is 0 Å². The van der Waals surface area contributed by atoms with Gasteiger partial charge < -0.3 is 19.7 Å². The maximum absolute atomic E-state index is 5.92. The van der Waals surface area contributed by atoms with Crippen molar-refractivity contribution in [1.29, 1.82) is 0 Å².